The Morgan fingerprint density at radius 1 is 0.652 bits per heavy atom. The van der Waals surface area contributed by atoms with Gasteiger partial charge in [0.05, 0.1) is 24.7 Å². The van der Waals surface area contributed by atoms with Gasteiger partial charge in [0, 0.05) is 22.9 Å². The minimum atomic E-state index is -0.730. The molecule has 4 aromatic carbocycles. The summed E-state index contributed by atoms with van der Waals surface area (Å²) in [7, 11) is 3.15. The van der Waals surface area contributed by atoms with Crippen LogP contribution in [0.3, 0.4) is 0 Å². The SMILES string of the molecule is COc1ccccc1-c1ccc(C(=O)OC(C)(C)C)c(N)c1.COc1ccccc1-c1ccc(C(=O)OC(C)(C)C)c([N+](=O)[O-])c1. The van der Waals surface area contributed by atoms with Crippen LogP contribution in [0.15, 0.2) is 84.9 Å². The molecule has 4 rings (SSSR count). The molecular formula is C36H40N2O8. The number of nitrogens with two attached hydrogens (primary N) is 1. The number of methoxy groups -OCH3 is 2. The molecule has 0 aliphatic carbocycles. The van der Waals surface area contributed by atoms with E-state index in [1.165, 1.54) is 19.2 Å². The summed E-state index contributed by atoms with van der Waals surface area (Å²) < 4.78 is 21.2. The van der Waals surface area contributed by atoms with E-state index in [2.05, 4.69) is 0 Å². The van der Waals surface area contributed by atoms with Crippen molar-refractivity contribution in [1.29, 1.82) is 0 Å². The number of carbonyl (C=O) groups excluding carboxylic acids is 2. The highest BCUT2D eigenvalue weighted by molar-refractivity contribution is 5.97. The van der Waals surface area contributed by atoms with Gasteiger partial charge in [-0.15, -0.1) is 0 Å². The molecule has 0 unspecified atom stereocenters. The number of hydrogen-bond donors (Lipinski definition) is 1. The second kappa shape index (κ2) is 14.6. The average Bonchev–Trinajstić information content (AvgIpc) is 2.99. The van der Waals surface area contributed by atoms with Gasteiger partial charge in [-0.1, -0.05) is 48.5 Å². The van der Waals surface area contributed by atoms with Gasteiger partial charge < -0.3 is 24.7 Å². The molecule has 0 saturated heterocycles. The van der Waals surface area contributed by atoms with E-state index in [9.17, 15) is 19.7 Å². The largest absolute Gasteiger partial charge is 0.496 e. The van der Waals surface area contributed by atoms with Crippen LogP contribution in [0.4, 0.5) is 11.4 Å². The number of para-hydroxylation sites is 2. The standard InChI is InChI=1S/C18H19NO5.C18H21NO3/c1-18(2,3)24-17(20)14-10-9-12(11-15(14)19(21)22)13-7-5-6-8-16(13)23-4;1-18(2,3)22-17(20)14-10-9-12(11-15(14)19)13-7-5-6-8-16(13)21-4/h5-11H,1-4H3;5-11H,19H2,1-4H3. The lowest BCUT2D eigenvalue weighted by Gasteiger charge is -2.20. The first-order chi connectivity index (χ1) is 21.5. The van der Waals surface area contributed by atoms with E-state index in [0.717, 1.165) is 16.9 Å². The second-order valence-corrected chi connectivity index (χ2v) is 12.2. The number of nitro groups is 1. The summed E-state index contributed by atoms with van der Waals surface area (Å²) in [5, 5.41) is 11.4. The summed E-state index contributed by atoms with van der Waals surface area (Å²) in [6.45, 7) is 10.6. The Balaban J connectivity index is 0.000000251. The number of nitro benzene ring substituents is 1. The van der Waals surface area contributed by atoms with Crippen LogP contribution in [0.5, 0.6) is 11.5 Å². The molecule has 0 saturated carbocycles. The van der Waals surface area contributed by atoms with Gasteiger partial charge in [-0.05, 0) is 83.0 Å². The molecule has 0 spiro atoms. The van der Waals surface area contributed by atoms with Crippen LogP contribution in [0.25, 0.3) is 22.3 Å². The van der Waals surface area contributed by atoms with Crippen LogP contribution < -0.4 is 15.2 Å². The quantitative estimate of drug-likeness (QED) is 0.0929. The van der Waals surface area contributed by atoms with Crippen LogP contribution in [0.1, 0.15) is 62.3 Å². The molecule has 10 nitrogen and oxygen atoms in total. The molecule has 0 heterocycles. The van der Waals surface area contributed by atoms with E-state index in [1.54, 1.807) is 58.2 Å². The molecule has 0 aliphatic heterocycles. The summed E-state index contributed by atoms with van der Waals surface area (Å²) in [5.74, 6) is 0.209. The summed E-state index contributed by atoms with van der Waals surface area (Å²) >= 11 is 0. The van der Waals surface area contributed by atoms with Crippen LogP contribution in [-0.4, -0.2) is 42.3 Å². The third-order valence-electron chi connectivity index (χ3n) is 6.32. The molecule has 0 atom stereocenters. The third-order valence-corrected chi connectivity index (χ3v) is 6.32. The van der Waals surface area contributed by atoms with Crippen LogP contribution in [0, 0.1) is 10.1 Å². The summed E-state index contributed by atoms with van der Waals surface area (Å²) in [6.07, 6.45) is 0. The van der Waals surface area contributed by atoms with Gasteiger partial charge >= 0.3 is 11.9 Å². The lowest BCUT2D eigenvalue weighted by atomic mass is 10.0. The molecule has 10 heteroatoms. The van der Waals surface area contributed by atoms with E-state index in [4.69, 9.17) is 24.7 Å². The number of rotatable bonds is 7. The van der Waals surface area contributed by atoms with E-state index in [-0.39, 0.29) is 11.3 Å². The minimum Gasteiger partial charge on any atom is -0.496 e. The normalized spacial score (nSPS) is 11.0. The van der Waals surface area contributed by atoms with Crippen molar-refractivity contribution in [2.75, 3.05) is 20.0 Å². The Bertz CT molecular complexity index is 1720. The Hall–Kier alpha value is -5.38. The van der Waals surface area contributed by atoms with Gasteiger partial charge in [0.25, 0.3) is 5.69 Å². The van der Waals surface area contributed by atoms with Crippen molar-refractivity contribution in [3.05, 3.63) is 106 Å². The van der Waals surface area contributed by atoms with Crippen LogP contribution >= 0.6 is 0 Å². The fourth-order valence-electron chi connectivity index (χ4n) is 4.37. The lowest BCUT2D eigenvalue weighted by molar-refractivity contribution is -0.385. The summed E-state index contributed by atoms with van der Waals surface area (Å²) in [4.78, 5) is 35.1. The Morgan fingerprint density at radius 2 is 1.07 bits per heavy atom. The third kappa shape index (κ3) is 9.31. The number of carbonyl (C=O) groups is 2. The van der Waals surface area contributed by atoms with Gasteiger partial charge in [0.15, 0.2) is 0 Å². The van der Waals surface area contributed by atoms with Gasteiger partial charge in [-0.3, -0.25) is 10.1 Å². The van der Waals surface area contributed by atoms with Crippen LogP contribution in [-0.2, 0) is 9.47 Å². The van der Waals surface area contributed by atoms with Gasteiger partial charge in [0.2, 0.25) is 0 Å². The second-order valence-electron chi connectivity index (χ2n) is 12.2. The number of nitrogens with zero attached hydrogens (tertiary/aromatic N) is 1. The number of anilines is 1. The first kappa shape index (κ1) is 35.1. The molecule has 46 heavy (non-hydrogen) atoms. The zero-order chi connectivity index (χ0) is 34.2. The highest BCUT2D eigenvalue weighted by Crippen LogP contribution is 2.34. The number of ether oxygens (including phenoxy) is 4. The molecule has 2 N–H and O–H groups in total. The Kier molecular flexibility index (Phi) is 11.1. The monoisotopic (exact) mass is 628 g/mol. The molecular weight excluding hydrogens is 588 g/mol. The zero-order valence-corrected chi connectivity index (χ0v) is 27.4. The van der Waals surface area contributed by atoms with Gasteiger partial charge in [-0.25, -0.2) is 9.59 Å². The molecule has 0 fully saturated rings. The lowest BCUT2D eigenvalue weighted by Crippen LogP contribution is -2.24. The van der Waals surface area contributed by atoms with Gasteiger partial charge in [0.1, 0.15) is 28.3 Å². The number of esters is 2. The van der Waals surface area contributed by atoms with E-state index >= 15 is 0 Å². The predicted octanol–water partition coefficient (Wildman–Crippen LogP) is 8.13. The molecule has 0 radical (unpaired) electrons. The highest BCUT2D eigenvalue weighted by atomic mass is 16.6. The number of nitrogen functional groups attached to an aromatic ring is 1. The van der Waals surface area contributed by atoms with E-state index < -0.39 is 28.1 Å². The van der Waals surface area contributed by atoms with Crippen molar-refractivity contribution in [2.24, 2.45) is 0 Å². The summed E-state index contributed by atoms with van der Waals surface area (Å²) in [6, 6.07) is 24.5. The molecule has 242 valence electrons. The maximum absolute atomic E-state index is 12.2. The van der Waals surface area contributed by atoms with Crippen molar-refractivity contribution in [1.82, 2.24) is 0 Å². The molecule has 0 aromatic heterocycles. The minimum absolute atomic E-state index is 0.0754. The van der Waals surface area contributed by atoms with Crippen molar-refractivity contribution < 1.29 is 33.5 Å². The molecule has 0 amide bonds. The van der Waals surface area contributed by atoms with E-state index in [1.807, 2.05) is 63.2 Å². The van der Waals surface area contributed by atoms with Crippen molar-refractivity contribution in [2.45, 2.75) is 52.7 Å². The first-order valence-electron chi connectivity index (χ1n) is 14.5. The number of hydrogen-bond acceptors (Lipinski definition) is 9. The average molecular weight is 629 g/mol. The van der Waals surface area contributed by atoms with Crippen molar-refractivity contribution in [3.63, 3.8) is 0 Å². The summed E-state index contributed by atoms with van der Waals surface area (Å²) in [5.41, 5.74) is 8.24. The molecule has 0 bridgehead atoms. The first-order valence-corrected chi connectivity index (χ1v) is 14.5. The zero-order valence-electron chi connectivity index (χ0n) is 27.4. The van der Waals surface area contributed by atoms with Crippen molar-refractivity contribution >= 4 is 23.3 Å². The topological polar surface area (TPSA) is 140 Å². The smallest absolute Gasteiger partial charge is 0.345 e. The molecule has 0 aliphatic rings. The Morgan fingerprint density at radius 3 is 1.48 bits per heavy atom. The maximum atomic E-state index is 12.2. The van der Waals surface area contributed by atoms with E-state index in [0.29, 0.717) is 28.1 Å². The predicted molar refractivity (Wildman–Crippen MR) is 178 cm³/mol. The van der Waals surface area contributed by atoms with Crippen molar-refractivity contribution in [3.8, 4) is 33.8 Å². The van der Waals surface area contributed by atoms with Gasteiger partial charge in [-0.2, -0.15) is 0 Å². The maximum Gasteiger partial charge on any atom is 0.345 e. The Labute approximate surface area is 269 Å². The fourth-order valence-corrected chi connectivity index (χ4v) is 4.37. The van der Waals surface area contributed by atoms with Crippen LogP contribution in [0.2, 0.25) is 0 Å². The fraction of sp³-hybridized carbons (Fsp3) is 0.278. The number of benzene rings is 4. The highest BCUT2D eigenvalue weighted by Gasteiger charge is 2.26. The molecule has 4 aromatic rings.